The molecule has 0 saturated carbocycles. The predicted molar refractivity (Wildman–Crippen MR) is 82.8 cm³/mol. The fraction of sp³-hybridized carbons (Fsp3) is 0. The molecule has 0 fully saturated rings. The number of nitrogen functional groups attached to an aromatic ring is 1. The van der Waals surface area contributed by atoms with Crippen molar-refractivity contribution >= 4 is 5.69 Å². The molecule has 3 aromatic rings. The average Bonchev–Trinajstić information content (AvgIpc) is 2.53. The standard InChI is InChI=1S/C18H14FNO/c19-17-11-10-16(12-18(17)20)21-15-8-6-14(7-9-15)13-4-2-1-3-5-13/h1-12H,20H2. The third kappa shape index (κ3) is 3.03. The molecule has 3 heteroatoms. The van der Waals surface area contributed by atoms with E-state index in [0.717, 1.165) is 11.1 Å². The van der Waals surface area contributed by atoms with Crippen LogP contribution in [0.1, 0.15) is 0 Å². The summed E-state index contributed by atoms with van der Waals surface area (Å²) < 4.78 is 18.8. The van der Waals surface area contributed by atoms with E-state index in [0.29, 0.717) is 11.5 Å². The van der Waals surface area contributed by atoms with Crippen molar-refractivity contribution in [3.8, 4) is 22.6 Å². The molecule has 0 amide bonds. The minimum absolute atomic E-state index is 0.0772. The number of rotatable bonds is 3. The summed E-state index contributed by atoms with van der Waals surface area (Å²) in [5.41, 5.74) is 7.86. The molecule has 2 nitrogen and oxygen atoms in total. The molecular formula is C18H14FNO. The van der Waals surface area contributed by atoms with Crippen LogP contribution in [0.3, 0.4) is 0 Å². The average molecular weight is 279 g/mol. The second-order valence-electron chi connectivity index (χ2n) is 4.68. The van der Waals surface area contributed by atoms with Crippen LogP contribution in [0.2, 0.25) is 0 Å². The highest BCUT2D eigenvalue weighted by atomic mass is 19.1. The maximum absolute atomic E-state index is 13.1. The van der Waals surface area contributed by atoms with Crippen LogP contribution >= 0.6 is 0 Å². The number of anilines is 1. The highest BCUT2D eigenvalue weighted by Crippen LogP contribution is 2.27. The SMILES string of the molecule is Nc1cc(Oc2ccc(-c3ccccc3)cc2)ccc1F. The molecule has 0 bridgehead atoms. The summed E-state index contributed by atoms with van der Waals surface area (Å²) in [5.74, 6) is 0.754. The van der Waals surface area contributed by atoms with Gasteiger partial charge in [0.05, 0.1) is 5.69 Å². The minimum atomic E-state index is -0.443. The third-order valence-electron chi connectivity index (χ3n) is 3.16. The Morgan fingerprint density at radius 2 is 1.33 bits per heavy atom. The van der Waals surface area contributed by atoms with Gasteiger partial charge in [-0.05, 0) is 35.4 Å². The molecule has 0 saturated heterocycles. The molecule has 0 heterocycles. The van der Waals surface area contributed by atoms with Gasteiger partial charge in [0, 0.05) is 6.07 Å². The van der Waals surface area contributed by atoms with Gasteiger partial charge < -0.3 is 10.5 Å². The molecule has 0 unspecified atom stereocenters. The van der Waals surface area contributed by atoms with Crippen LogP contribution in [0, 0.1) is 5.82 Å². The van der Waals surface area contributed by atoms with Crippen molar-refractivity contribution in [1.82, 2.24) is 0 Å². The summed E-state index contributed by atoms with van der Waals surface area (Å²) in [7, 11) is 0. The summed E-state index contributed by atoms with van der Waals surface area (Å²) in [6.07, 6.45) is 0. The maximum atomic E-state index is 13.1. The van der Waals surface area contributed by atoms with E-state index < -0.39 is 5.82 Å². The first-order valence-corrected chi connectivity index (χ1v) is 6.61. The number of nitrogens with two attached hydrogens (primary N) is 1. The van der Waals surface area contributed by atoms with Crippen LogP contribution in [0.15, 0.2) is 72.8 Å². The monoisotopic (exact) mass is 279 g/mol. The van der Waals surface area contributed by atoms with E-state index in [1.54, 1.807) is 6.07 Å². The summed E-state index contributed by atoms with van der Waals surface area (Å²) in [5, 5.41) is 0. The Hall–Kier alpha value is -2.81. The van der Waals surface area contributed by atoms with Crippen LogP contribution in [-0.2, 0) is 0 Å². The van der Waals surface area contributed by atoms with Gasteiger partial charge in [-0.15, -0.1) is 0 Å². The molecule has 0 aliphatic heterocycles. The normalized spacial score (nSPS) is 10.3. The molecule has 3 rings (SSSR count). The lowest BCUT2D eigenvalue weighted by Gasteiger charge is -2.08. The van der Waals surface area contributed by atoms with Gasteiger partial charge in [0.15, 0.2) is 0 Å². The number of benzene rings is 3. The molecule has 2 N–H and O–H groups in total. The predicted octanol–water partition coefficient (Wildman–Crippen LogP) is 4.87. The van der Waals surface area contributed by atoms with E-state index in [1.165, 1.54) is 12.1 Å². The van der Waals surface area contributed by atoms with Crippen molar-refractivity contribution in [2.24, 2.45) is 0 Å². The number of hydrogen-bond acceptors (Lipinski definition) is 2. The third-order valence-corrected chi connectivity index (χ3v) is 3.16. The first-order valence-electron chi connectivity index (χ1n) is 6.61. The fourth-order valence-electron chi connectivity index (χ4n) is 2.07. The van der Waals surface area contributed by atoms with E-state index >= 15 is 0 Å². The van der Waals surface area contributed by atoms with E-state index in [2.05, 4.69) is 12.1 Å². The quantitative estimate of drug-likeness (QED) is 0.694. The van der Waals surface area contributed by atoms with Crippen LogP contribution in [0.5, 0.6) is 11.5 Å². The summed E-state index contributed by atoms with van der Waals surface area (Å²) in [6.45, 7) is 0. The Bertz CT molecular complexity index is 739. The molecule has 3 aromatic carbocycles. The smallest absolute Gasteiger partial charge is 0.146 e. The highest BCUT2D eigenvalue weighted by molar-refractivity contribution is 5.64. The van der Waals surface area contributed by atoms with Crippen molar-refractivity contribution in [3.05, 3.63) is 78.6 Å². The Kier molecular flexibility index (Phi) is 3.56. The first kappa shape index (κ1) is 13.2. The lowest BCUT2D eigenvalue weighted by Crippen LogP contribution is -1.91. The van der Waals surface area contributed by atoms with Gasteiger partial charge in [-0.2, -0.15) is 0 Å². The van der Waals surface area contributed by atoms with Crippen molar-refractivity contribution in [3.63, 3.8) is 0 Å². The van der Waals surface area contributed by atoms with Gasteiger partial charge >= 0.3 is 0 Å². The topological polar surface area (TPSA) is 35.2 Å². The Balaban J connectivity index is 1.80. The van der Waals surface area contributed by atoms with E-state index in [9.17, 15) is 4.39 Å². The minimum Gasteiger partial charge on any atom is -0.457 e. The largest absolute Gasteiger partial charge is 0.457 e. The molecule has 0 spiro atoms. The number of ether oxygens (including phenoxy) is 1. The maximum Gasteiger partial charge on any atom is 0.146 e. The second kappa shape index (κ2) is 5.67. The lowest BCUT2D eigenvalue weighted by atomic mass is 10.1. The highest BCUT2D eigenvalue weighted by Gasteiger charge is 2.03. The molecule has 0 aliphatic carbocycles. The summed E-state index contributed by atoms with van der Waals surface area (Å²) in [4.78, 5) is 0. The van der Waals surface area contributed by atoms with Gasteiger partial charge in [0.1, 0.15) is 17.3 Å². The number of hydrogen-bond donors (Lipinski definition) is 1. The molecular weight excluding hydrogens is 265 g/mol. The molecule has 0 aromatic heterocycles. The zero-order valence-corrected chi connectivity index (χ0v) is 11.3. The summed E-state index contributed by atoms with van der Waals surface area (Å²) >= 11 is 0. The van der Waals surface area contributed by atoms with Crippen LogP contribution in [0.25, 0.3) is 11.1 Å². The van der Waals surface area contributed by atoms with Crippen molar-refractivity contribution in [2.45, 2.75) is 0 Å². The molecule has 0 radical (unpaired) electrons. The van der Waals surface area contributed by atoms with Crippen molar-refractivity contribution in [1.29, 1.82) is 0 Å². The van der Waals surface area contributed by atoms with Crippen molar-refractivity contribution < 1.29 is 9.13 Å². The van der Waals surface area contributed by atoms with Crippen LogP contribution in [-0.4, -0.2) is 0 Å². The molecule has 104 valence electrons. The van der Waals surface area contributed by atoms with Gasteiger partial charge in [0.2, 0.25) is 0 Å². The van der Waals surface area contributed by atoms with Gasteiger partial charge in [-0.1, -0.05) is 42.5 Å². The van der Waals surface area contributed by atoms with Crippen LogP contribution in [0.4, 0.5) is 10.1 Å². The fourth-order valence-corrected chi connectivity index (χ4v) is 2.07. The zero-order chi connectivity index (χ0) is 14.7. The first-order chi connectivity index (χ1) is 10.2. The van der Waals surface area contributed by atoms with Crippen LogP contribution < -0.4 is 10.5 Å². The molecule has 0 aliphatic rings. The Labute approximate surface area is 122 Å². The van der Waals surface area contributed by atoms with Gasteiger partial charge in [-0.25, -0.2) is 4.39 Å². The summed E-state index contributed by atoms with van der Waals surface area (Å²) in [6, 6.07) is 22.1. The second-order valence-corrected chi connectivity index (χ2v) is 4.68. The lowest BCUT2D eigenvalue weighted by molar-refractivity contribution is 0.481. The number of halogens is 1. The van der Waals surface area contributed by atoms with Crippen molar-refractivity contribution in [2.75, 3.05) is 5.73 Å². The molecule has 0 atom stereocenters. The van der Waals surface area contributed by atoms with E-state index in [4.69, 9.17) is 10.5 Å². The van der Waals surface area contributed by atoms with Gasteiger partial charge in [-0.3, -0.25) is 0 Å². The zero-order valence-electron chi connectivity index (χ0n) is 11.3. The Morgan fingerprint density at radius 3 is 2.00 bits per heavy atom. The van der Waals surface area contributed by atoms with E-state index in [-0.39, 0.29) is 5.69 Å². The van der Waals surface area contributed by atoms with E-state index in [1.807, 2.05) is 42.5 Å². The van der Waals surface area contributed by atoms with Gasteiger partial charge in [0.25, 0.3) is 0 Å². The molecule has 21 heavy (non-hydrogen) atoms. The Morgan fingerprint density at radius 1 is 0.714 bits per heavy atom.